The first kappa shape index (κ1) is 19.1. The number of aryl methyl sites for hydroxylation is 1. The van der Waals surface area contributed by atoms with E-state index in [1.54, 1.807) is 6.20 Å². The maximum Gasteiger partial charge on any atom is 0.307 e. The van der Waals surface area contributed by atoms with Crippen molar-refractivity contribution in [3.8, 4) is 16.9 Å². The van der Waals surface area contributed by atoms with E-state index in [2.05, 4.69) is 29.2 Å². The molecule has 3 N–H and O–H groups in total. The number of rotatable bonds is 5. The third-order valence-corrected chi connectivity index (χ3v) is 5.90. The minimum atomic E-state index is -0.866. The number of pyridine rings is 1. The highest BCUT2D eigenvalue weighted by Gasteiger charge is 2.26. The molecule has 1 aromatic heterocycles. The fraction of sp³-hybridized carbons (Fsp3) is 0.154. The molecule has 0 aliphatic heterocycles. The SMILES string of the molecule is Nc1nccc2c(-c3ccc4c(c3)[C@@H](Oc3ccccc3CC(=O)O)CC4)cccc12. The molecule has 0 bridgehead atoms. The summed E-state index contributed by atoms with van der Waals surface area (Å²) in [5.74, 6) is 0.295. The van der Waals surface area contributed by atoms with E-state index in [9.17, 15) is 9.90 Å². The summed E-state index contributed by atoms with van der Waals surface area (Å²) in [6, 6.07) is 21.9. The van der Waals surface area contributed by atoms with E-state index in [0.717, 1.165) is 40.3 Å². The van der Waals surface area contributed by atoms with Gasteiger partial charge in [0, 0.05) is 17.1 Å². The maximum absolute atomic E-state index is 11.2. The Kier molecular flexibility index (Phi) is 4.79. The van der Waals surface area contributed by atoms with Crippen molar-refractivity contribution in [3.05, 3.63) is 89.6 Å². The summed E-state index contributed by atoms with van der Waals surface area (Å²) in [4.78, 5) is 15.4. The average Bonchev–Trinajstić information content (AvgIpc) is 3.17. The van der Waals surface area contributed by atoms with Crippen molar-refractivity contribution >= 4 is 22.6 Å². The number of carbonyl (C=O) groups is 1. The number of hydrogen-bond donors (Lipinski definition) is 2. The molecule has 1 aliphatic rings. The average molecular weight is 410 g/mol. The molecule has 1 heterocycles. The number of hydrogen-bond acceptors (Lipinski definition) is 4. The summed E-state index contributed by atoms with van der Waals surface area (Å²) in [7, 11) is 0. The van der Waals surface area contributed by atoms with Gasteiger partial charge >= 0.3 is 5.97 Å². The Balaban J connectivity index is 1.52. The van der Waals surface area contributed by atoms with Gasteiger partial charge in [0.15, 0.2) is 0 Å². The predicted molar refractivity (Wildman–Crippen MR) is 121 cm³/mol. The molecule has 0 radical (unpaired) electrons. The van der Waals surface area contributed by atoms with E-state index in [0.29, 0.717) is 17.1 Å². The van der Waals surface area contributed by atoms with Gasteiger partial charge in [-0.1, -0.05) is 48.5 Å². The van der Waals surface area contributed by atoms with Crippen LogP contribution in [-0.2, 0) is 17.6 Å². The highest BCUT2D eigenvalue weighted by atomic mass is 16.5. The zero-order valence-corrected chi connectivity index (χ0v) is 16.9. The van der Waals surface area contributed by atoms with Crippen LogP contribution in [0.1, 0.15) is 29.2 Å². The molecule has 1 aliphatic carbocycles. The molecule has 154 valence electrons. The lowest BCUT2D eigenvalue weighted by Gasteiger charge is -2.18. The van der Waals surface area contributed by atoms with Gasteiger partial charge in [0.2, 0.25) is 0 Å². The van der Waals surface area contributed by atoms with Crippen LogP contribution >= 0.6 is 0 Å². The van der Waals surface area contributed by atoms with E-state index in [4.69, 9.17) is 10.5 Å². The van der Waals surface area contributed by atoms with Crippen LogP contribution in [0.4, 0.5) is 5.82 Å². The number of benzene rings is 3. The summed E-state index contributed by atoms with van der Waals surface area (Å²) in [5.41, 5.74) is 11.4. The molecule has 5 nitrogen and oxygen atoms in total. The minimum Gasteiger partial charge on any atom is -0.485 e. The molecule has 0 fully saturated rings. The minimum absolute atomic E-state index is 0.0543. The highest BCUT2D eigenvalue weighted by molar-refractivity contribution is 6.01. The summed E-state index contributed by atoms with van der Waals surface area (Å²) >= 11 is 0. The maximum atomic E-state index is 11.2. The first-order valence-corrected chi connectivity index (χ1v) is 10.3. The molecule has 0 saturated heterocycles. The zero-order chi connectivity index (χ0) is 21.4. The first-order valence-electron chi connectivity index (χ1n) is 10.3. The Morgan fingerprint density at radius 3 is 2.81 bits per heavy atom. The van der Waals surface area contributed by atoms with Crippen molar-refractivity contribution in [2.45, 2.75) is 25.4 Å². The zero-order valence-electron chi connectivity index (χ0n) is 16.9. The largest absolute Gasteiger partial charge is 0.485 e. The van der Waals surface area contributed by atoms with Crippen molar-refractivity contribution in [1.29, 1.82) is 0 Å². The lowest BCUT2D eigenvalue weighted by molar-refractivity contribution is -0.136. The van der Waals surface area contributed by atoms with Gasteiger partial charge in [-0.25, -0.2) is 4.98 Å². The van der Waals surface area contributed by atoms with Crippen molar-refractivity contribution in [3.63, 3.8) is 0 Å². The Bertz CT molecular complexity index is 1300. The molecular weight excluding hydrogens is 388 g/mol. The van der Waals surface area contributed by atoms with Crippen LogP contribution in [0.2, 0.25) is 0 Å². The molecule has 0 unspecified atom stereocenters. The lowest BCUT2D eigenvalue weighted by atomic mass is 9.96. The molecule has 0 saturated carbocycles. The number of nitrogens with two attached hydrogens (primary N) is 1. The molecule has 5 rings (SSSR count). The topological polar surface area (TPSA) is 85.4 Å². The monoisotopic (exact) mass is 410 g/mol. The number of carboxylic acid groups (broad SMARTS) is 1. The van der Waals surface area contributed by atoms with Gasteiger partial charge in [0.05, 0.1) is 6.42 Å². The summed E-state index contributed by atoms with van der Waals surface area (Å²) in [5, 5.41) is 11.2. The van der Waals surface area contributed by atoms with Gasteiger partial charge in [-0.3, -0.25) is 4.79 Å². The van der Waals surface area contributed by atoms with Crippen LogP contribution in [0.25, 0.3) is 21.9 Å². The fourth-order valence-electron chi connectivity index (χ4n) is 4.42. The van der Waals surface area contributed by atoms with Crippen molar-refractivity contribution in [1.82, 2.24) is 4.98 Å². The number of anilines is 1. The fourth-order valence-corrected chi connectivity index (χ4v) is 4.42. The van der Waals surface area contributed by atoms with Crippen LogP contribution < -0.4 is 10.5 Å². The Hall–Kier alpha value is -3.86. The van der Waals surface area contributed by atoms with E-state index in [-0.39, 0.29) is 12.5 Å². The molecule has 3 aromatic carbocycles. The van der Waals surface area contributed by atoms with Gasteiger partial charge < -0.3 is 15.6 Å². The van der Waals surface area contributed by atoms with Crippen LogP contribution in [-0.4, -0.2) is 16.1 Å². The normalized spacial score (nSPS) is 15.0. The predicted octanol–water partition coefficient (Wildman–Crippen LogP) is 5.18. The van der Waals surface area contributed by atoms with Crippen molar-refractivity contribution in [2.24, 2.45) is 0 Å². The standard InChI is InChI=1S/C26H22N2O3/c27-26-21-6-3-5-19(20(21)12-13-28-26)17-9-8-16-10-11-24(22(16)14-17)31-23-7-2-1-4-18(23)15-25(29)30/h1-9,12-14,24H,10-11,15H2,(H2,27,28)(H,29,30)/t24-/m0/s1. The number of nitrogen functional groups attached to an aromatic ring is 1. The Labute approximate surface area is 180 Å². The smallest absolute Gasteiger partial charge is 0.307 e. The van der Waals surface area contributed by atoms with E-state index >= 15 is 0 Å². The van der Waals surface area contributed by atoms with Crippen molar-refractivity contribution < 1.29 is 14.6 Å². The van der Waals surface area contributed by atoms with Gasteiger partial charge in [-0.2, -0.15) is 0 Å². The third-order valence-electron chi connectivity index (χ3n) is 5.90. The Morgan fingerprint density at radius 1 is 1.06 bits per heavy atom. The number of para-hydroxylation sites is 1. The molecular formula is C26H22N2O3. The molecule has 0 spiro atoms. The van der Waals surface area contributed by atoms with Crippen LogP contribution in [0.15, 0.2) is 72.9 Å². The molecule has 31 heavy (non-hydrogen) atoms. The number of nitrogens with zero attached hydrogens (tertiary/aromatic N) is 1. The van der Waals surface area contributed by atoms with Crippen LogP contribution in [0.5, 0.6) is 5.75 Å². The van der Waals surface area contributed by atoms with Crippen LogP contribution in [0.3, 0.4) is 0 Å². The van der Waals surface area contributed by atoms with E-state index in [1.165, 1.54) is 5.56 Å². The summed E-state index contributed by atoms with van der Waals surface area (Å²) < 4.78 is 6.34. The van der Waals surface area contributed by atoms with Crippen LogP contribution in [0, 0.1) is 0 Å². The van der Waals surface area contributed by atoms with E-state index in [1.807, 2.05) is 42.5 Å². The van der Waals surface area contributed by atoms with Gasteiger partial charge in [-0.15, -0.1) is 0 Å². The second kappa shape index (κ2) is 7.76. The molecule has 4 aromatic rings. The number of aliphatic carboxylic acids is 1. The first-order chi connectivity index (χ1) is 15.1. The molecule has 0 amide bonds. The van der Waals surface area contributed by atoms with E-state index < -0.39 is 5.97 Å². The van der Waals surface area contributed by atoms with Gasteiger partial charge in [0.25, 0.3) is 0 Å². The molecule has 1 atom stereocenters. The van der Waals surface area contributed by atoms with Crippen molar-refractivity contribution in [2.75, 3.05) is 5.73 Å². The second-order valence-electron chi connectivity index (χ2n) is 7.83. The lowest BCUT2D eigenvalue weighted by Crippen LogP contribution is -2.08. The molecule has 5 heteroatoms. The number of carboxylic acids is 1. The number of aromatic nitrogens is 1. The Morgan fingerprint density at radius 2 is 1.94 bits per heavy atom. The highest BCUT2D eigenvalue weighted by Crippen LogP contribution is 2.39. The van der Waals surface area contributed by atoms with Gasteiger partial charge in [-0.05, 0) is 58.7 Å². The summed E-state index contributed by atoms with van der Waals surface area (Å²) in [6.07, 6.45) is 3.38. The third kappa shape index (κ3) is 3.59. The number of ether oxygens (including phenoxy) is 1. The second-order valence-corrected chi connectivity index (χ2v) is 7.83. The van der Waals surface area contributed by atoms with Gasteiger partial charge in [0.1, 0.15) is 17.7 Å². The summed E-state index contributed by atoms with van der Waals surface area (Å²) in [6.45, 7) is 0. The number of fused-ring (bicyclic) bond motifs is 2. The quantitative estimate of drug-likeness (QED) is 0.474.